The van der Waals surface area contributed by atoms with Crippen LogP contribution < -0.4 is 10.6 Å². The molecule has 0 aliphatic carbocycles. The summed E-state index contributed by atoms with van der Waals surface area (Å²) in [7, 11) is 0. The first-order valence-corrected chi connectivity index (χ1v) is 6.80. The van der Waals surface area contributed by atoms with Crippen LogP contribution in [0.25, 0.3) is 0 Å². The minimum absolute atomic E-state index is 0.551. The summed E-state index contributed by atoms with van der Waals surface area (Å²) in [5.74, 6) is 1.03. The van der Waals surface area contributed by atoms with Crippen LogP contribution in [0.4, 0.5) is 11.5 Å². The van der Waals surface area contributed by atoms with Crippen molar-refractivity contribution in [2.45, 2.75) is 26.3 Å². The molecule has 1 aliphatic rings. The highest BCUT2D eigenvalue weighted by molar-refractivity contribution is 5.65. The van der Waals surface area contributed by atoms with E-state index in [2.05, 4.69) is 47.1 Å². The molecule has 98 valence electrons. The molecule has 0 bridgehead atoms. The predicted molar refractivity (Wildman–Crippen MR) is 78.6 cm³/mol. The Labute approximate surface area is 114 Å². The van der Waals surface area contributed by atoms with Crippen molar-refractivity contribution in [3.8, 4) is 0 Å². The average Bonchev–Trinajstić information content (AvgIpc) is 2.46. The van der Waals surface area contributed by atoms with E-state index in [9.17, 15) is 0 Å². The summed E-state index contributed by atoms with van der Waals surface area (Å²) in [6.07, 6.45) is 4.24. The standard InChI is InChI=1S/C16H19N3/c1-12-9-16(18-11-14(12)10-17)19-8-4-6-13-5-2-3-7-15(13)19/h2-3,5,7,9,11H,4,6,8,10,17H2,1H3. The maximum atomic E-state index is 5.70. The van der Waals surface area contributed by atoms with Gasteiger partial charge in [-0.05, 0) is 48.6 Å². The highest BCUT2D eigenvalue weighted by atomic mass is 15.2. The first-order valence-electron chi connectivity index (χ1n) is 6.80. The van der Waals surface area contributed by atoms with Gasteiger partial charge in [-0.2, -0.15) is 0 Å². The zero-order valence-corrected chi connectivity index (χ0v) is 11.3. The third-order valence-electron chi connectivity index (χ3n) is 3.81. The Bertz CT molecular complexity index is 592. The minimum Gasteiger partial charge on any atom is -0.326 e. The molecule has 0 spiro atoms. The lowest BCUT2D eigenvalue weighted by molar-refractivity contribution is 0.758. The van der Waals surface area contributed by atoms with Crippen molar-refractivity contribution in [1.29, 1.82) is 0 Å². The lowest BCUT2D eigenvalue weighted by atomic mass is 10.0. The van der Waals surface area contributed by atoms with Crippen LogP contribution in [-0.4, -0.2) is 11.5 Å². The molecule has 0 saturated heterocycles. The van der Waals surface area contributed by atoms with E-state index in [0.29, 0.717) is 6.54 Å². The Balaban J connectivity index is 2.02. The summed E-state index contributed by atoms with van der Waals surface area (Å²) in [6.45, 7) is 3.68. The molecule has 2 aromatic rings. The summed E-state index contributed by atoms with van der Waals surface area (Å²) in [6, 6.07) is 10.7. The molecule has 0 saturated carbocycles. The van der Waals surface area contributed by atoms with Crippen LogP contribution in [0.15, 0.2) is 36.5 Å². The number of nitrogens with zero attached hydrogens (tertiary/aromatic N) is 2. The maximum Gasteiger partial charge on any atom is 0.133 e. The van der Waals surface area contributed by atoms with Crippen LogP contribution in [0.3, 0.4) is 0 Å². The number of aryl methyl sites for hydroxylation is 2. The van der Waals surface area contributed by atoms with Crippen molar-refractivity contribution in [2.75, 3.05) is 11.4 Å². The number of hydrogen-bond donors (Lipinski definition) is 1. The topological polar surface area (TPSA) is 42.2 Å². The molecule has 2 heterocycles. The fourth-order valence-electron chi connectivity index (χ4n) is 2.70. The van der Waals surface area contributed by atoms with E-state index >= 15 is 0 Å². The Morgan fingerprint density at radius 2 is 2.16 bits per heavy atom. The van der Waals surface area contributed by atoms with Gasteiger partial charge in [0.25, 0.3) is 0 Å². The zero-order valence-electron chi connectivity index (χ0n) is 11.3. The monoisotopic (exact) mass is 253 g/mol. The van der Waals surface area contributed by atoms with Gasteiger partial charge in [-0.25, -0.2) is 4.98 Å². The van der Waals surface area contributed by atoms with Gasteiger partial charge in [0.2, 0.25) is 0 Å². The smallest absolute Gasteiger partial charge is 0.133 e. The number of nitrogens with two attached hydrogens (primary N) is 1. The van der Waals surface area contributed by atoms with E-state index in [1.807, 2.05) is 6.20 Å². The van der Waals surface area contributed by atoms with Crippen molar-refractivity contribution in [1.82, 2.24) is 4.98 Å². The van der Waals surface area contributed by atoms with Crippen LogP contribution in [-0.2, 0) is 13.0 Å². The largest absolute Gasteiger partial charge is 0.326 e. The number of benzene rings is 1. The first kappa shape index (κ1) is 12.2. The Hall–Kier alpha value is -1.87. The highest BCUT2D eigenvalue weighted by Crippen LogP contribution is 2.32. The molecule has 0 fully saturated rings. The van der Waals surface area contributed by atoms with Gasteiger partial charge < -0.3 is 10.6 Å². The van der Waals surface area contributed by atoms with Gasteiger partial charge in [-0.3, -0.25) is 0 Å². The second-order valence-electron chi connectivity index (χ2n) is 5.06. The van der Waals surface area contributed by atoms with Gasteiger partial charge >= 0.3 is 0 Å². The molecule has 19 heavy (non-hydrogen) atoms. The predicted octanol–water partition coefficient (Wildman–Crippen LogP) is 2.93. The summed E-state index contributed by atoms with van der Waals surface area (Å²) >= 11 is 0. The number of pyridine rings is 1. The van der Waals surface area contributed by atoms with Crippen LogP contribution in [0, 0.1) is 6.92 Å². The van der Waals surface area contributed by atoms with Gasteiger partial charge in [0.15, 0.2) is 0 Å². The number of rotatable bonds is 2. The molecule has 0 unspecified atom stereocenters. The third-order valence-corrected chi connectivity index (χ3v) is 3.81. The quantitative estimate of drug-likeness (QED) is 0.894. The average molecular weight is 253 g/mol. The molecule has 3 nitrogen and oxygen atoms in total. The summed E-state index contributed by atoms with van der Waals surface area (Å²) in [4.78, 5) is 6.89. The van der Waals surface area contributed by atoms with Crippen molar-refractivity contribution >= 4 is 11.5 Å². The number of fused-ring (bicyclic) bond motifs is 1. The van der Waals surface area contributed by atoms with Crippen LogP contribution >= 0.6 is 0 Å². The van der Waals surface area contributed by atoms with E-state index in [4.69, 9.17) is 5.73 Å². The molecule has 0 atom stereocenters. The molecule has 0 amide bonds. The third kappa shape index (κ3) is 2.22. The second-order valence-corrected chi connectivity index (χ2v) is 5.06. The summed E-state index contributed by atoms with van der Waals surface area (Å²) in [5.41, 5.74) is 10.7. The molecule has 0 radical (unpaired) electrons. The van der Waals surface area contributed by atoms with Gasteiger partial charge in [0.05, 0.1) is 0 Å². The minimum atomic E-state index is 0.551. The van der Waals surface area contributed by atoms with E-state index in [0.717, 1.165) is 24.3 Å². The fraction of sp³-hybridized carbons (Fsp3) is 0.312. The fourth-order valence-corrected chi connectivity index (χ4v) is 2.70. The lowest BCUT2D eigenvalue weighted by Crippen LogP contribution is -2.25. The molecule has 2 N–H and O–H groups in total. The van der Waals surface area contributed by atoms with Crippen molar-refractivity contribution in [3.63, 3.8) is 0 Å². The maximum absolute atomic E-state index is 5.70. The first-order chi connectivity index (χ1) is 9.29. The molecule has 3 heteroatoms. The molecular weight excluding hydrogens is 234 g/mol. The number of para-hydroxylation sites is 1. The van der Waals surface area contributed by atoms with Gasteiger partial charge in [0.1, 0.15) is 5.82 Å². The lowest BCUT2D eigenvalue weighted by Gasteiger charge is -2.30. The molecule has 1 aromatic carbocycles. The van der Waals surface area contributed by atoms with Crippen LogP contribution in [0.1, 0.15) is 23.1 Å². The van der Waals surface area contributed by atoms with Crippen molar-refractivity contribution in [2.24, 2.45) is 5.73 Å². The van der Waals surface area contributed by atoms with E-state index in [-0.39, 0.29) is 0 Å². The SMILES string of the molecule is Cc1cc(N2CCCc3ccccc32)ncc1CN. The van der Waals surface area contributed by atoms with E-state index in [1.54, 1.807) is 0 Å². The normalized spacial score (nSPS) is 14.3. The van der Waals surface area contributed by atoms with Gasteiger partial charge in [0, 0.05) is 25.0 Å². The highest BCUT2D eigenvalue weighted by Gasteiger charge is 2.18. The number of anilines is 2. The van der Waals surface area contributed by atoms with E-state index in [1.165, 1.54) is 23.2 Å². The van der Waals surface area contributed by atoms with Crippen molar-refractivity contribution < 1.29 is 0 Å². The number of aromatic nitrogens is 1. The van der Waals surface area contributed by atoms with Crippen LogP contribution in [0.5, 0.6) is 0 Å². The van der Waals surface area contributed by atoms with Gasteiger partial charge in [-0.15, -0.1) is 0 Å². The van der Waals surface area contributed by atoms with E-state index < -0.39 is 0 Å². The van der Waals surface area contributed by atoms with Crippen molar-refractivity contribution in [3.05, 3.63) is 53.2 Å². The number of hydrogen-bond acceptors (Lipinski definition) is 3. The molecule has 3 rings (SSSR count). The van der Waals surface area contributed by atoms with Crippen LogP contribution in [0.2, 0.25) is 0 Å². The molecule has 1 aliphatic heterocycles. The Morgan fingerprint density at radius 3 is 2.95 bits per heavy atom. The Kier molecular flexibility index (Phi) is 3.22. The second kappa shape index (κ2) is 5.02. The molecular formula is C16H19N3. The summed E-state index contributed by atoms with van der Waals surface area (Å²) < 4.78 is 0. The van der Waals surface area contributed by atoms with Gasteiger partial charge in [-0.1, -0.05) is 18.2 Å². The Morgan fingerprint density at radius 1 is 1.32 bits per heavy atom. The summed E-state index contributed by atoms with van der Waals surface area (Å²) in [5, 5.41) is 0. The molecule has 1 aromatic heterocycles. The zero-order chi connectivity index (χ0) is 13.2.